The van der Waals surface area contributed by atoms with Crippen molar-refractivity contribution in [2.24, 2.45) is 0 Å². The lowest BCUT2D eigenvalue weighted by atomic mass is 10.3. The largest absolute Gasteiger partial charge is 0.495 e. The maximum atomic E-state index is 11.3. The first-order valence-corrected chi connectivity index (χ1v) is 6.24. The van der Waals surface area contributed by atoms with Crippen molar-refractivity contribution in [3.63, 3.8) is 0 Å². The van der Waals surface area contributed by atoms with Crippen molar-refractivity contribution in [2.75, 3.05) is 25.6 Å². The summed E-state index contributed by atoms with van der Waals surface area (Å²) in [6, 6.07) is 3.40. The molecule has 0 fully saturated rings. The number of carbonyl (C=O) groups excluding carboxylic acids is 1. The Hall–Kier alpha value is -0.790. The van der Waals surface area contributed by atoms with Gasteiger partial charge in [-0.05, 0) is 37.9 Å². The first-order valence-electron chi connectivity index (χ1n) is 4.66. The highest BCUT2D eigenvalue weighted by Crippen LogP contribution is 2.34. The number of carbonyl (C=O) groups is 1. The lowest BCUT2D eigenvalue weighted by Crippen LogP contribution is -2.16. The third-order valence-corrected chi connectivity index (χ3v) is 3.08. The second-order valence-corrected chi connectivity index (χ2v) is 4.66. The minimum Gasteiger partial charge on any atom is -0.495 e. The van der Waals surface area contributed by atoms with Crippen LogP contribution in [-0.2, 0) is 4.74 Å². The average molecular weight is 369 g/mol. The Morgan fingerprint density at radius 3 is 2.71 bits per heavy atom. The van der Waals surface area contributed by atoms with Crippen LogP contribution in [0.2, 0.25) is 0 Å². The molecule has 0 aliphatic heterocycles. The molecule has 0 aromatic heterocycles. The van der Waals surface area contributed by atoms with Gasteiger partial charge in [0.05, 0.1) is 23.9 Å². The van der Waals surface area contributed by atoms with Crippen LogP contribution in [0.5, 0.6) is 5.75 Å². The summed E-state index contributed by atoms with van der Waals surface area (Å²) >= 11 is 6.62. The molecule has 0 aliphatic carbocycles. The van der Waals surface area contributed by atoms with Crippen LogP contribution < -0.4 is 10.1 Å². The fraction of sp³-hybridized carbons (Fsp3) is 0.300. The van der Waals surface area contributed by atoms with E-state index >= 15 is 0 Å². The van der Waals surface area contributed by atoms with Crippen molar-refractivity contribution in [2.45, 2.75) is 0 Å². The summed E-state index contributed by atoms with van der Waals surface area (Å²) in [5, 5.41) is 11.0. The molecule has 0 saturated carbocycles. The molecule has 17 heavy (non-hydrogen) atoms. The van der Waals surface area contributed by atoms with Gasteiger partial charge in [-0.15, -0.1) is 0 Å². The van der Waals surface area contributed by atoms with Crippen LogP contribution in [0.3, 0.4) is 0 Å². The molecule has 1 aromatic carbocycles. The summed E-state index contributed by atoms with van der Waals surface area (Å²) in [5.41, 5.74) is 0.521. The third-order valence-electron chi connectivity index (χ3n) is 1.80. The summed E-state index contributed by atoms with van der Waals surface area (Å²) in [4.78, 5) is 11.3. The quantitative estimate of drug-likeness (QED) is 0.857. The lowest BCUT2D eigenvalue weighted by molar-refractivity contribution is 0.131. The van der Waals surface area contributed by atoms with Crippen LogP contribution in [0.1, 0.15) is 0 Å². The van der Waals surface area contributed by atoms with Crippen LogP contribution in [0.4, 0.5) is 10.5 Å². The zero-order valence-electron chi connectivity index (χ0n) is 9.00. The van der Waals surface area contributed by atoms with Crippen molar-refractivity contribution in [1.82, 2.24) is 0 Å². The summed E-state index contributed by atoms with van der Waals surface area (Å²) in [6.07, 6.45) is -0.635. The Morgan fingerprint density at radius 2 is 2.12 bits per heavy atom. The maximum absolute atomic E-state index is 11.3. The molecule has 2 N–H and O–H groups in total. The molecule has 1 aromatic rings. The molecular weight excluding hydrogens is 358 g/mol. The second-order valence-electron chi connectivity index (χ2n) is 2.95. The van der Waals surface area contributed by atoms with E-state index in [9.17, 15) is 4.79 Å². The third kappa shape index (κ3) is 4.18. The number of benzene rings is 1. The van der Waals surface area contributed by atoms with E-state index < -0.39 is 6.09 Å². The van der Waals surface area contributed by atoms with Crippen LogP contribution >= 0.6 is 31.9 Å². The highest BCUT2D eigenvalue weighted by molar-refractivity contribution is 9.11. The van der Waals surface area contributed by atoms with Gasteiger partial charge < -0.3 is 14.6 Å². The lowest BCUT2D eigenvalue weighted by Gasteiger charge is -2.10. The molecule has 1 rings (SSSR count). The van der Waals surface area contributed by atoms with E-state index in [4.69, 9.17) is 9.84 Å². The van der Waals surface area contributed by atoms with Crippen LogP contribution in [0.25, 0.3) is 0 Å². The van der Waals surface area contributed by atoms with E-state index in [0.717, 1.165) is 4.47 Å². The van der Waals surface area contributed by atoms with Gasteiger partial charge in [0, 0.05) is 10.5 Å². The standard InChI is InChI=1S/C10H11Br2NO4/c1-16-9-5-8(6(11)4-7(9)12)13-10(15)17-3-2-14/h4-5,14H,2-3H2,1H3,(H,13,15). The molecule has 1 amide bonds. The van der Waals surface area contributed by atoms with E-state index in [1.54, 1.807) is 12.1 Å². The van der Waals surface area contributed by atoms with Gasteiger partial charge in [-0.1, -0.05) is 0 Å². The van der Waals surface area contributed by atoms with Crippen molar-refractivity contribution in [1.29, 1.82) is 0 Å². The monoisotopic (exact) mass is 367 g/mol. The molecular formula is C10H11Br2NO4. The van der Waals surface area contributed by atoms with Gasteiger partial charge in [0.25, 0.3) is 0 Å². The number of ether oxygens (including phenoxy) is 2. The van der Waals surface area contributed by atoms with Gasteiger partial charge in [-0.2, -0.15) is 0 Å². The molecule has 5 nitrogen and oxygen atoms in total. The number of rotatable bonds is 4. The van der Waals surface area contributed by atoms with Crippen molar-refractivity contribution in [3.05, 3.63) is 21.1 Å². The molecule has 0 aliphatic rings. The minimum atomic E-state index is -0.635. The molecule has 0 bridgehead atoms. The second kappa shape index (κ2) is 6.83. The molecule has 94 valence electrons. The van der Waals surface area contributed by atoms with Gasteiger partial charge in [0.1, 0.15) is 12.4 Å². The average Bonchev–Trinajstić information content (AvgIpc) is 2.30. The number of hydrogen-bond donors (Lipinski definition) is 2. The van der Waals surface area contributed by atoms with Gasteiger partial charge in [-0.3, -0.25) is 5.32 Å². The molecule has 0 saturated heterocycles. The molecule has 0 atom stereocenters. The molecule has 0 unspecified atom stereocenters. The Morgan fingerprint density at radius 1 is 1.41 bits per heavy atom. The van der Waals surface area contributed by atoms with Gasteiger partial charge in [-0.25, -0.2) is 4.79 Å². The molecule has 0 spiro atoms. The summed E-state index contributed by atoms with van der Waals surface area (Å²) in [7, 11) is 1.53. The normalized spacial score (nSPS) is 9.88. The number of methoxy groups -OCH3 is 1. The predicted molar refractivity (Wildman–Crippen MR) is 70.5 cm³/mol. The molecule has 0 radical (unpaired) electrons. The zero-order valence-corrected chi connectivity index (χ0v) is 12.2. The molecule has 0 heterocycles. The summed E-state index contributed by atoms with van der Waals surface area (Å²) < 4.78 is 11.2. The van der Waals surface area contributed by atoms with Crippen molar-refractivity contribution < 1.29 is 19.4 Å². The summed E-state index contributed by atoms with van der Waals surface area (Å²) in [5.74, 6) is 0.589. The number of aliphatic hydroxyl groups is 1. The van der Waals surface area contributed by atoms with Crippen LogP contribution in [0, 0.1) is 0 Å². The molecule has 7 heteroatoms. The number of aliphatic hydroxyl groups excluding tert-OH is 1. The van der Waals surface area contributed by atoms with Crippen molar-refractivity contribution in [3.8, 4) is 5.75 Å². The van der Waals surface area contributed by atoms with Gasteiger partial charge >= 0.3 is 6.09 Å². The Balaban J connectivity index is 2.80. The predicted octanol–water partition coefficient (Wildman–Crippen LogP) is 2.76. The van der Waals surface area contributed by atoms with Gasteiger partial charge in [0.2, 0.25) is 0 Å². The van der Waals surface area contributed by atoms with E-state index in [0.29, 0.717) is 15.9 Å². The number of nitrogens with one attached hydrogen (secondary N) is 1. The fourth-order valence-corrected chi connectivity index (χ4v) is 2.32. The Labute approximate surface area is 115 Å². The highest BCUT2D eigenvalue weighted by atomic mass is 79.9. The first kappa shape index (κ1) is 14.3. The number of halogens is 2. The maximum Gasteiger partial charge on any atom is 0.411 e. The van der Waals surface area contributed by atoms with E-state index in [1.165, 1.54) is 7.11 Å². The number of amides is 1. The van der Waals surface area contributed by atoms with Crippen LogP contribution in [-0.4, -0.2) is 31.5 Å². The Bertz CT molecular complexity index is 412. The number of anilines is 1. The summed E-state index contributed by atoms with van der Waals surface area (Å²) in [6.45, 7) is -0.255. The topological polar surface area (TPSA) is 67.8 Å². The minimum absolute atomic E-state index is 0.0445. The van der Waals surface area contributed by atoms with Crippen molar-refractivity contribution >= 4 is 43.6 Å². The van der Waals surface area contributed by atoms with E-state index in [-0.39, 0.29) is 13.2 Å². The highest BCUT2D eigenvalue weighted by Gasteiger charge is 2.10. The van der Waals surface area contributed by atoms with Gasteiger partial charge in [0.15, 0.2) is 0 Å². The fourth-order valence-electron chi connectivity index (χ4n) is 1.07. The Kier molecular flexibility index (Phi) is 5.73. The smallest absolute Gasteiger partial charge is 0.411 e. The van der Waals surface area contributed by atoms with Crippen LogP contribution in [0.15, 0.2) is 21.1 Å². The SMILES string of the molecule is COc1cc(NC(=O)OCCO)c(Br)cc1Br. The van der Waals surface area contributed by atoms with E-state index in [2.05, 4.69) is 41.9 Å². The number of hydrogen-bond acceptors (Lipinski definition) is 4. The zero-order chi connectivity index (χ0) is 12.8. The van der Waals surface area contributed by atoms with E-state index in [1.807, 2.05) is 0 Å². The first-order chi connectivity index (χ1) is 8.08.